The first-order valence-electron chi connectivity index (χ1n) is 9.05. The zero-order valence-corrected chi connectivity index (χ0v) is 16.8. The number of aryl methyl sites for hydroxylation is 1. The first kappa shape index (κ1) is 23.0. The number of nitrogens with zero attached hydrogens (tertiary/aromatic N) is 2. The third-order valence-corrected chi connectivity index (χ3v) is 4.43. The minimum absolute atomic E-state index is 0.137. The Balaban J connectivity index is 2.16. The Morgan fingerprint density at radius 2 is 2.00 bits per heavy atom. The number of rotatable bonds is 8. The van der Waals surface area contributed by atoms with Crippen LogP contribution in [0.5, 0.6) is 5.75 Å². The molecule has 0 bridgehead atoms. The second-order valence-electron chi connectivity index (χ2n) is 6.48. The fraction of sp³-hybridized carbons (Fsp3) is 0.333. The van der Waals surface area contributed by atoms with Crippen LogP contribution in [0.15, 0.2) is 35.9 Å². The Morgan fingerprint density at radius 1 is 1.30 bits per heavy atom. The predicted molar refractivity (Wildman–Crippen MR) is 104 cm³/mol. The van der Waals surface area contributed by atoms with E-state index in [1.807, 2.05) is 30.6 Å². The molecule has 1 amide bonds. The zero-order chi connectivity index (χ0) is 22.3. The topological polar surface area (TPSA) is 76.3 Å². The van der Waals surface area contributed by atoms with Crippen LogP contribution in [-0.4, -0.2) is 30.6 Å². The third-order valence-electron chi connectivity index (χ3n) is 4.43. The van der Waals surface area contributed by atoms with Gasteiger partial charge in [-0.1, -0.05) is 18.2 Å². The molecule has 0 fully saturated rings. The maximum atomic E-state index is 12.5. The lowest BCUT2D eigenvalue weighted by Crippen LogP contribution is -2.25. The number of halogens is 3. The molecule has 160 valence electrons. The van der Waals surface area contributed by atoms with Crippen LogP contribution in [0.2, 0.25) is 0 Å². The molecule has 9 heteroatoms. The van der Waals surface area contributed by atoms with Gasteiger partial charge in [0.15, 0.2) is 0 Å². The Hall–Kier alpha value is -3.25. The van der Waals surface area contributed by atoms with Crippen LogP contribution in [0, 0.1) is 25.2 Å². The van der Waals surface area contributed by atoms with Gasteiger partial charge in [0.05, 0.1) is 6.61 Å². The Labute approximate surface area is 172 Å². The first-order chi connectivity index (χ1) is 14.2. The second kappa shape index (κ2) is 9.98. The summed E-state index contributed by atoms with van der Waals surface area (Å²) in [4.78, 5) is 12.4. The number of ether oxygens (including phenoxy) is 2. The van der Waals surface area contributed by atoms with E-state index in [9.17, 15) is 23.2 Å². The summed E-state index contributed by atoms with van der Waals surface area (Å²) >= 11 is 0. The van der Waals surface area contributed by atoms with Crippen molar-refractivity contribution >= 4 is 12.0 Å². The van der Waals surface area contributed by atoms with E-state index in [2.05, 4.69) is 10.1 Å². The van der Waals surface area contributed by atoms with Crippen molar-refractivity contribution in [3.8, 4) is 11.8 Å². The number of aromatic nitrogens is 1. The molecule has 2 rings (SSSR count). The number of nitriles is 1. The van der Waals surface area contributed by atoms with Crippen LogP contribution in [-0.2, 0) is 22.6 Å². The number of amides is 1. The molecule has 1 aromatic carbocycles. The molecule has 0 atom stereocenters. The van der Waals surface area contributed by atoms with Gasteiger partial charge in [0.25, 0.3) is 5.91 Å². The Kier molecular flexibility index (Phi) is 7.66. The van der Waals surface area contributed by atoms with Crippen LogP contribution in [0.1, 0.15) is 22.5 Å². The largest absolute Gasteiger partial charge is 0.573 e. The van der Waals surface area contributed by atoms with Gasteiger partial charge in [-0.15, -0.1) is 13.2 Å². The highest BCUT2D eigenvalue weighted by atomic mass is 19.4. The predicted octanol–water partition coefficient (Wildman–Crippen LogP) is 3.87. The summed E-state index contributed by atoms with van der Waals surface area (Å²) in [5, 5.41) is 11.9. The molecule has 0 spiro atoms. The van der Waals surface area contributed by atoms with Gasteiger partial charge in [-0.3, -0.25) is 4.79 Å². The highest BCUT2D eigenvalue weighted by Crippen LogP contribution is 2.26. The van der Waals surface area contributed by atoms with Crippen molar-refractivity contribution < 1.29 is 27.4 Å². The van der Waals surface area contributed by atoms with E-state index < -0.39 is 18.0 Å². The molecule has 1 N–H and O–H groups in total. The summed E-state index contributed by atoms with van der Waals surface area (Å²) in [7, 11) is 1.60. The number of methoxy groups -OCH3 is 1. The fourth-order valence-corrected chi connectivity index (χ4v) is 2.95. The van der Waals surface area contributed by atoms with Crippen molar-refractivity contribution in [3.63, 3.8) is 0 Å². The SMILES string of the molecule is COCCn1c(C)cc(/C=C(\C#N)C(=O)NCc2ccccc2OC(F)(F)F)c1C. The molecular weight excluding hydrogens is 399 g/mol. The van der Waals surface area contributed by atoms with Crippen molar-refractivity contribution in [2.75, 3.05) is 13.7 Å². The van der Waals surface area contributed by atoms with Crippen molar-refractivity contribution in [1.82, 2.24) is 9.88 Å². The zero-order valence-electron chi connectivity index (χ0n) is 16.8. The van der Waals surface area contributed by atoms with E-state index in [1.54, 1.807) is 7.11 Å². The van der Waals surface area contributed by atoms with E-state index in [4.69, 9.17) is 4.74 Å². The van der Waals surface area contributed by atoms with Gasteiger partial charge >= 0.3 is 6.36 Å². The summed E-state index contributed by atoms with van der Waals surface area (Å²) in [5.74, 6) is -1.10. The molecule has 1 aromatic heterocycles. The van der Waals surface area contributed by atoms with E-state index >= 15 is 0 Å². The fourth-order valence-electron chi connectivity index (χ4n) is 2.95. The number of carbonyl (C=O) groups is 1. The van der Waals surface area contributed by atoms with Crippen molar-refractivity contribution in [2.24, 2.45) is 0 Å². The van der Waals surface area contributed by atoms with Gasteiger partial charge in [0, 0.05) is 37.2 Å². The van der Waals surface area contributed by atoms with Crippen molar-refractivity contribution in [2.45, 2.75) is 33.3 Å². The average molecular weight is 421 g/mol. The quantitative estimate of drug-likeness (QED) is 0.519. The summed E-state index contributed by atoms with van der Waals surface area (Å²) in [5.41, 5.74) is 2.51. The van der Waals surface area contributed by atoms with Gasteiger partial charge in [0.1, 0.15) is 17.4 Å². The molecule has 0 unspecified atom stereocenters. The molecule has 1 heterocycles. The van der Waals surface area contributed by atoms with Gasteiger partial charge in [-0.25, -0.2) is 0 Å². The summed E-state index contributed by atoms with van der Waals surface area (Å²) in [6.07, 6.45) is -3.39. The normalized spacial score (nSPS) is 11.8. The smallest absolute Gasteiger partial charge is 0.405 e. The molecule has 0 aliphatic rings. The van der Waals surface area contributed by atoms with Gasteiger partial charge in [0.2, 0.25) is 0 Å². The van der Waals surface area contributed by atoms with E-state index in [0.29, 0.717) is 18.7 Å². The highest BCUT2D eigenvalue weighted by Gasteiger charge is 2.32. The second-order valence-corrected chi connectivity index (χ2v) is 6.48. The molecule has 0 saturated carbocycles. The number of para-hydroxylation sites is 1. The van der Waals surface area contributed by atoms with E-state index in [1.165, 1.54) is 24.3 Å². The average Bonchev–Trinajstić information content (AvgIpc) is 2.95. The highest BCUT2D eigenvalue weighted by molar-refractivity contribution is 6.01. The number of hydrogen-bond acceptors (Lipinski definition) is 4. The number of hydrogen-bond donors (Lipinski definition) is 1. The standard InChI is InChI=1S/C21H22F3N3O3/c1-14-10-17(15(2)27(14)8-9-29-3)11-18(12-25)20(28)26-13-16-6-4-5-7-19(16)30-21(22,23)24/h4-7,10-11H,8-9,13H2,1-3H3,(H,26,28)/b18-11+. The molecule has 2 aromatic rings. The molecule has 0 aliphatic heterocycles. The maximum absolute atomic E-state index is 12.5. The minimum Gasteiger partial charge on any atom is -0.405 e. The van der Waals surface area contributed by atoms with Crippen LogP contribution >= 0.6 is 0 Å². The minimum atomic E-state index is -4.84. The first-order valence-corrected chi connectivity index (χ1v) is 9.05. The van der Waals surface area contributed by atoms with Crippen molar-refractivity contribution in [1.29, 1.82) is 5.26 Å². The monoisotopic (exact) mass is 421 g/mol. The lowest BCUT2D eigenvalue weighted by Gasteiger charge is -2.13. The van der Waals surface area contributed by atoms with Crippen molar-refractivity contribution in [3.05, 3.63) is 58.4 Å². The van der Waals surface area contributed by atoms with Crippen LogP contribution < -0.4 is 10.1 Å². The van der Waals surface area contributed by atoms with Crippen LogP contribution in [0.3, 0.4) is 0 Å². The molecule has 0 radical (unpaired) electrons. The molecule has 30 heavy (non-hydrogen) atoms. The van der Waals surface area contributed by atoms with Gasteiger partial charge < -0.3 is 19.4 Å². The van der Waals surface area contributed by atoms with Crippen LogP contribution in [0.25, 0.3) is 6.08 Å². The lowest BCUT2D eigenvalue weighted by molar-refractivity contribution is -0.274. The summed E-state index contributed by atoms with van der Waals surface area (Å²) in [6, 6.07) is 9.18. The number of carbonyl (C=O) groups excluding carboxylic acids is 1. The number of alkyl halides is 3. The summed E-state index contributed by atoms with van der Waals surface area (Å²) in [6.45, 7) is 4.70. The molecular formula is C21H22F3N3O3. The van der Waals surface area contributed by atoms with Gasteiger partial charge in [-0.05, 0) is 37.6 Å². The molecule has 0 aliphatic carbocycles. The Morgan fingerprint density at radius 3 is 2.63 bits per heavy atom. The van der Waals surface area contributed by atoms with E-state index in [-0.39, 0.29) is 17.7 Å². The number of benzene rings is 1. The Bertz CT molecular complexity index is 972. The van der Waals surface area contributed by atoms with E-state index in [0.717, 1.165) is 17.5 Å². The molecule has 6 nitrogen and oxygen atoms in total. The lowest BCUT2D eigenvalue weighted by atomic mass is 10.1. The maximum Gasteiger partial charge on any atom is 0.573 e. The van der Waals surface area contributed by atoms with Crippen LogP contribution in [0.4, 0.5) is 13.2 Å². The molecule has 0 saturated heterocycles. The third kappa shape index (κ3) is 6.12. The number of nitrogens with one attached hydrogen (secondary N) is 1. The van der Waals surface area contributed by atoms with Gasteiger partial charge in [-0.2, -0.15) is 5.26 Å². The summed E-state index contributed by atoms with van der Waals surface area (Å²) < 4.78 is 48.6.